The van der Waals surface area contributed by atoms with E-state index in [-0.39, 0.29) is 0 Å². The number of nitrogens with zero attached hydrogens (tertiary/aromatic N) is 2. The third-order valence-electron chi connectivity index (χ3n) is 3.83. The summed E-state index contributed by atoms with van der Waals surface area (Å²) < 4.78 is 5.54. The average molecular weight is 263 g/mol. The number of rotatable bonds is 5. The van der Waals surface area contributed by atoms with Crippen LogP contribution < -0.4 is 10.1 Å². The van der Waals surface area contributed by atoms with E-state index in [1.165, 1.54) is 19.3 Å². The molecule has 0 aromatic carbocycles. The topological polar surface area (TPSA) is 47.0 Å². The van der Waals surface area contributed by atoms with Gasteiger partial charge in [0.1, 0.15) is 0 Å². The van der Waals surface area contributed by atoms with Crippen LogP contribution in [0, 0.1) is 11.8 Å². The molecular formula is C15H25N3O. The molecule has 0 spiro atoms. The molecule has 0 amide bonds. The summed E-state index contributed by atoms with van der Waals surface area (Å²) >= 11 is 0. The van der Waals surface area contributed by atoms with Crippen LogP contribution in [0.5, 0.6) is 5.88 Å². The van der Waals surface area contributed by atoms with Gasteiger partial charge in [-0.25, -0.2) is 4.98 Å². The zero-order valence-electron chi connectivity index (χ0n) is 12.2. The Morgan fingerprint density at radius 3 is 2.95 bits per heavy atom. The number of anilines is 1. The maximum absolute atomic E-state index is 5.54. The Hall–Kier alpha value is -1.32. The number of hydrogen-bond donors (Lipinski definition) is 1. The second kappa shape index (κ2) is 6.73. The van der Waals surface area contributed by atoms with Gasteiger partial charge in [-0.3, -0.25) is 0 Å². The maximum atomic E-state index is 5.54. The van der Waals surface area contributed by atoms with E-state index in [0.29, 0.717) is 30.4 Å². The SMILES string of the molecule is CCCOc1ccnc(NC2CCC(C)CC2C)n1. The summed E-state index contributed by atoms with van der Waals surface area (Å²) in [5, 5.41) is 3.47. The van der Waals surface area contributed by atoms with Crippen LogP contribution >= 0.6 is 0 Å². The molecular weight excluding hydrogens is 238 g/mol. The third kappa shape index (κ3) is 4.08. The van der Waals surface area contributed by atoms with Gasteiger partial charge < -0.3 is 10.1 Å². The highest BCUT2D eigenvalue weighted by Gasteiger charge is 2.25. The lowest BCUT2D eigenvalue weighted by Crippen LogP contribution is -2.33. The first-order chi connectivity index (χ1) is 9.19. The van der Waals surface area contributed by atoms with Gasteiger partial charge in [-0.1, -0.05) is 20.8 Å². The normalized spacial score (nSPS) is 27.0. The van der Waals surface area contributed by atoms with Crippen molar-refractivity contribution in [1.29, 1.82) is 0 Å². The van der Waals surface area contributed by atoms with Crippen molar-refractivity contribution >= 4 is 5.95 Å². The van der Waals surface area contributed by atoms with E-state index in [9.17, 15) is 0 Å². The molecule has 1 aromatic rings. The zero-order valence-corrected chi connectivity index (χ0v) is 12.2. The molecule has 0 saturated heterocycles. The van der Waals surface area contributed by atoms with Gasteiger partial charge in [0.15, 0.2) is 0 Å². The molecule has 1 fully saturated rings. The molecule has 2 rings (SSSR count). The van der Waals surface area contributed by atoms with Crippen molar-refractivity contribution < 1.29 is 4.74 Å². The van der Waals surface area contributed by atoms with Crippen LogP contribution in [0.25, 0.3) is 0 Å². The van der Waals surface area contributed by atoms with Crippen molar-refractivity contribution in [3.63, 3.8) is 0 Å². The van der Waals surface area contributed by atoms with E-state index in [4.69, 9.17) is 4.74 Å². The first-order valence-corrected chi connectivity index (χ1v) is 7.41. The van der Waals surface area contributed by atoms with E-state index < -0.39 is 0 Å². The van der Waals surface area contributed by atoms with Gasteiger partial charge in [0.2, 0.25) is 11.8 Å². The summed E-state index contributed by atoms with van der Waals surface area (Å²) in [7, 11) is 0. The van der Waals surface area contributed by atoms with Crippen LogP contribution in [0.15, 0.2) is 12.3 Å². The second-order valence-corrected chi connectivity index (χ2v) is 5.71. The van der Waals surface area contributed by atoms with E-state index in [1.807, 2.05) is 6.07 Å². The molecule has 1 saturated carbocycles. The van der Waals surface area contributed by atoms with Gasteiger partial charge >= 0.3 is 0 Å². The van der Waals surface area contributed by atoms with E-state index in [1.54, 1.807) is 6.20 Å². The van der Waals surface area contributed by atoms with Crippen LogP contribution in [0.4, 0.5) is 5.95 Å². The van der Waals surface area contributed by atoms with E-state index >= 15 is 0 Å². The first-order valence-electron chi connectivity index (χ1n) is 7.41. The Labute approximate surface area is 116 Å². The molecule has 4 heteroatoms. The van der Waals surface area contributed by atoms with Crippen molar-refractivity contribution in [2.45, 2.75) is 52.5 Å². The van der Waals surface area contributed by atoms with Crippen molar-refractivity contribution in [2.24, 2.45) is 11.8 Å². The zero-order chi connectivity index (χ0) is 13.7. The molecule has 0 aliphatic heterocycles. The third-order valence-corrected chi connectivity index (χ3v) is 3.83. The van der Waals surface area contributed by atoms with Crippen molar-refractivity contribution in [1.82, 2.24) is 9.97 Å². The predicted molar refractivity (Wildman–Crippen MR) is 77.4 cm³/mol. The van der Waals surface area contributed by atoms with Crippen molar-refractivity contribution in [2.75, 3.05) is 11.9 Å². The smallest absolute Gasteiger partial charge is 0.226 e. The summed E-state index contributed by atoms with van der Waals surface area (Å²) in [5.41, 5.74) is 0. The van der Waals surface area contributed by atoms with Crippen LogP contribution in [0.3, 0.4) is 0 Å². The number of aromatic nitrogens is 2. The Morgan fingerprint density at radius 2 is 2.21 bits per heavy atom. The molecule has 3 unspecified atom stereocenters. The van der Waals surface area contributed by atoms with Gasteiger partial charge in [0.05, 0.1) is 6.61 Å². The summed E-state index contributed by atoms with van der Waals surface area (Å²) in [6, 6.07) is 2.30. The summed E-state index contributed by atoms with van der Waals surface area (Å²) in [6.07, 6.45) is 6.52. The van der Waals surface area contributed by atoms with Gasteiger partial charge in [-0.05, 0) is 37.5 Å². The first kappa shape index (κ1) is 14.1. The minimum absolute atomic E-state index is 0.484. The molecule has 0 radical (unpaired) electrons. The maximum Gasteiger partial charge on any atom is 0.226 e. The lowest BCUT2D eigenvalue weighted by Gasteiger charge is -2.33. The molecule has 4 nitrogen and oxygen atoms in total. The van der Waals surface area contributed by atoms with Gasteiger partial charge in [0, 0.05) is 18.3 Å². The van der Waals surface area contributed by atoms with Crippen LogP contribution in [-0.2, 0) is 0 Å². The Bertz CT molecular complexity index is 397. The average Bonchev–Trinajstić information content (AvgIpc) is 2.40. The summed E-state index contributed by atoms with van der Waals surface area (Å²) in [4.78, 5) is 8.71. The number of hydrogen-bond acceptors (Lipinski definition) is 4. The van der Waals surface area contributed by atoms with Crippen LogP contribution in [-0.4, -0.2) is 22.6 Å². The van der Waals surface area contributed by atoms with Crippen LogP contribution in [0.2, 0.25) is 0 Å². The fourth-order valence-electron chi connectivity index (χ4n) is 2.74. The molecule has 19 heavy (non-hydrogen) atoms. The van der Waals surface area contributed by atoms with Crippen molar-refractivity contribution in [3.05, 3.63) is 12.3 Å². The minimum Gasteiger partial charge on any atom is -0.478 e. The number of nitrogens with one attached hydrogen (secondary N) is 1. The van der Waals surface area contributed by atoms with E-state index in [0.717, 1.165) is 12.3 Å². The summed E-state index contributed by atoms with van der Waals surface area (Å²) in [6.45, 7) is 7.44. The van der Waals surface area contributed by atoms with Gasteiger partial charge in [-0.15, -0.1) is 0 Å². The Kier molecular flexibility index (Phi) is 5.00. The monoisotopic (exact) mass is 263 g/mol. The minimum atomic E-state index is 0.484. The molecule has 106 valence electrons. The van der Waals surface area contributed by atoms with E-state index in [2.05, 4.69) is 36.1 Å². The molecule has 0 bridgehead atoms. The molecule has 1 aliphatic rings. The standard InChI is InChI=1S/C15H25N3O/c1-4-9-19-14-7-8-16-15(18-14)17-13-6-5-11(2)10-12(13)3/h7-8,11-13H,4-6,9-10H2,1-3H3,(H,16,17,18). The van der Waals surface area contributed by atoms with Crippen molar-refractivity contribution in [3.8, 4) is 5.88 Å². The highest BCUT2D eigenvalue weighted by Crippen LogP contribution is 2.30. The lowest BCUT2D eigenvalue weighted by molar-refractivity contribution is 0.275. The highest BCUT2D eigenvalue weighted by molar-refractivity contribution is 5.29. The second-order valence-electron chi connectivity index (χ2n) is 5.71. The van der Waals surface area contributed by atoms with Crippen LogP contribution in [0.1, 0.15) is 46.5 Å². The Morgan fingerprint density at radius 1 is 1.37 bits per heavy atom. The number of ether oxygens (including phenoxy) is 1. The predicted octanol–water partition coefficient (Wildman–Crippen LogP) is 3.50. The Balaban J connectivity index is 1.94. The molecule has 3 atom stereocenters. The summed E-state index contributed by atoms with van der Waals surface area (Å²) in [5.74, 6) is 2.87. The molecule has 1 aromatic heterocycles. The fraction of sp³-hybridized carbons (Fsp3) is 0.733. The lowest BCUT2D eigenvalue weighted by atomic mass is 9.80. The fourth-order valence-corrected chi connectivity index (χ4v) is 2.74. The van der Waals surface area contributed by atoms with Gasteiger partial charge in [0.25, 0.3) is 0 Å². The molecule has 1 N–H and O–H groups in total. The highest BCUT2D eigenvalue weighted by atomic mass is 16.5. The quantitative estimate of drug-likeness (QED) is 0.883. The van der Waals surface area contributed by atoms with Gasteiger partial charge in [-0.2, -0.15) is 4.98 Å². The molecule has 1 heterocycles. The molecule has 1 aliphatic carbocycles. The largest absolute Gasteiger partial charge is 0.478 e.